The highest BCUT2D eigenvalue weighted by atomic mass is 16.2. The molecule has 1 amide bonds. The van der Waals surface area contributed by atoms with E-state index in [2.05, 4.69) is 16.6 Å². The number of terminal acetylenes is 1. The van der Waals surface area contributed by atoms with Crippen LogP contribution in [0.5, 0.6) is 0 Å². The summed E-state index contributed by atoms with van der Waals surface area (Å²) in [7, 11) is 1.44. The Morgan fingerprint density at radius 1 is 1.38 bits per heavy atom. The van der Waals surface area contributed by atoms with Gasteiger partial charge < -0.3 is 10.6 Å². The van der Waals surface area contributed by atoms with E-state index in [0.717, 1.165) is 0 Å². The Morgan fingerprint density at radius 2 is 1.94 bits per heavy atom. The molecular weight excluding hydrogens is 204 g/mol. The van der Waals surface area contributed by atoms with Crippen molar-refractivity contribution in [2.45, 2.75) is 45.2 Å². The third-order valence-corrected chi connectivity index (χ3v) is 1.95. The van der Waals surface area contributed by atoms with Crippen LogP contribution in [0.1, 0.15) is 33.6 Å². The van der Waals surface area contributed by atoms with Crippen LogP contribution in [0.2, 0.25) is 0 Å². The minimum Gasteiger partial charge on any atom is -0.353 e. The van der Waals surface area contributed by atoms with Gasteiger partial charge >= 0.3 is 0 Å². The lowest BCUT2D eigenvalue weighted by atomic mass is 10.0. The largest absolute Gasteiger partial charge is 0.353 e. The van der Waals surface area contributed by atoms with Crippen molar-refractivity contribution in [2.75, 3.05) is 7.05 Å². The highest BCUT2D eigenvalue weighted by molar-refractivity contribution is 6.38. The van der Waals surface area contributed by atoms with Crippen molar-refractivity contribution in [3.8, 4) is 12.3 Å². The lowest BCUT2D eigenvalue weighted by Crippen LogP contribution is -2.51. The highest BCUT2D eigenvalue weighted by Crippen LogP contribution is 2.06. The van der Waals surface area contributed by atoms with Gasteiger partial charge in [-0.1, -0.05) is 0 Å². The van der Waals surface area contributed by atoms with Crippen LogP contribution >= 0.6 is 0 Å². The Morgan fingerprint density at radius 3 is 2.31 bits per heavy atom. The summed E-state index contributed by atoms with van der Waals surface area (Å²) in [6, 6.07) is -0.518. The average molecular weight is 224 g/mol. The first kappa shape index (κ1) is 14.7. The Labute approximate surface area is 97.2 Å². The second-order valence-electron chi connectivity index (χ2n) is 4.63. The molecule has 0 aliphatic carbocycles. The average Bonchev–Trinajstić information content (AvgIpc) is 2.20. The summed E-state index contributed by atoms with van der Waals surface area (Å²) in [6.45, 7) is 5.81. The molecule has 0 fully saturated rings. The molecule has 0 spiro atoms. The molecule has 0 bridgehead atoms. The Balaban J connectivity index is 4.61. The topological polar surface area (TPSA) is 58.2 Å². The summed E-state index contributed by atoms with van der Waals surface area (Å²) < 4.78 is 0. The number of rotatable bonds is 5. The molecule has 0 aromatic heterocycles. The molecule has 0 radical (unpaired) electrons. The molecule has 16 heavy (non-hydrogen) atoms. The molecule has 0 aromatic rings. The van der Waals surface area contributed by atoms with E-state index in [9.17, 15) is 9.59 Å². The summed E-state index contributed by atoms with van der Waals surface area (Å²) in [6.07, 6.45) is 6.10. The van der Waals surface area contributed by atoms with Crippen LogP contribution in [-0.4, -0.2) is 30.3 Å². The lowest BCUT2D eigenvalue weighted by Gasteiger charge is -2.26. The zero-order valence-corrected chi connectivity index (χ0v) is 10.4. The van der Waals surface area contributed by atoms with Crippen LogP contribution in [0.4, 0.5) is 0 Å². The van der Waals surface area contributed by atoms with E-state index in [4.69, 9.17) is 6.42 Å². The molecule has 0 aliphatic rings. The second-order valence-corrected chi connectivity index (χ2v) is 4.63. The SMILES string of the molecule is C#CCCC(NC(C)(C)C)C(=O)C(=O)NC. The van der Waals surface area contributed by atoms with Crippen molar-refractivity contribution in [3.63, 3.8) is 0 Å². The molecule has 4 heteroatoms. The molecule has 90 valence electrons. The maximum Gasteiger partial charge on any atom is 0.288 e. The fraction of sp³-hybridized carbons (Fsp3) is 0.667. The Kier molecular flexibility index (Phi) is 5.76. The van der Waals surface area contributed by atoms with E-state index in [1.165, 1.54) is 7.05 Å². The van der Waals surface area contributed by atoms with Crippen LogP contribution in [0.15, 0.2) is 0 Å². The first-order chi connectivity index (χ1) is 7.31. The zero-order chi connectivity index (χ0) is 12.8. The Bertz CT molecular complexity index is 297. The predicted molar refractivity (Wildman–Crippen MR) is 63.8 cm³/mol. The van der Waals surface area contributed by atoms with Gasteiger partial charge in [0.05, 0.1) is 6.04 Å². The number of hydrogen-bond donors (Lipinski definition) is 2. The number of ketones is 1. The van der Waals surface area contributed by atoms with Gasteiger partial charge in [-0.2, -0.15) is 0 Å². The monoisotopic (exact) mass is 224 g/mol. The van der Waals surface area contributed by atoms with Crippen LogP contribution in [0.25, 0.3) is 0 Å². The smallest absolute Gasteiger partial charge is 0.288 e. The number of Topliss-reactive ketones (excluding diaryl/α,β-unsaturated/α-hetero) is 1. The van der Waals surface area contributed by atoms with Crippen molar-refractivity contribution in [1.29, 1.82) is 0 Å². The molecule has 1 atom stereocenters. The van der Waals surface area contributed by atoms with Crippen molar-refractivity contribution in [1.82, 2.24) is 10.6 Å². The summed E-state index contributed by atoms with van der Waals surface area (Å²) in [5, 5.41) is 5.43. The normalized spacial score (nSPS) is 12.7. The Hall–Kier alpha value is -1.34. The van der Waals surface area contributed by atoms with E-state index < -0.39 is 17.7 Å². The van der Waals surface area contributed by atoms with Gasteiger partial charge in [-0.05, 0) is 27.2 Å². The minimum atomic E-state index is -0.584. The molecule has 0 aliphatic heterocycles. The van der Waals surface area contributed by atoms with E-state index in [-0.39, 0.29) is 5.54 Å². The predicted octanol–water partition coefficient (Wildman–Crippen LogP) is 0.472. The lowest BCUT2D eigenvalue weighted by molar-refractivity contribution is -0.139. The molecule has 0 rings (SSSR count). The zero-order valence-electron chi connectivity index (χ0n) is 10.4. The van der Waals surface area contributed by atoms with Gasteiger partial charge in [-0.3, -0.25) is 9.59 Å². The molecule has 0 heterocycles. The summed E-state index contributed by atoms with van der Waals surface area (Å²) >= 11 is 0. The van der Waals surface area contributed by atoms with Crippen molar-refractivity contribution >= 4 is 11.7 Å². The number of likely N-dealkylation sites (N-methyl/N-ethyl adjacent to an activating group) is 1. The summed E-state index contributed by atoms with van der Waals surface area (Å²) in [5.41, 5.74) is -0.233. The van der Waals surface area contributed by atoms with Gasteiger partial charge in [0.2, 0.25) is 5.78 Å². The van der Waals surface area contributed by atoms with E-state index in [1.807, 2.05) is 20.8 Å². The van der Waals surface area contributed by atoms with Crippen molar-refractivity contribution < 1.29 is 9.59 Å². The quantitative estimate of drug-likeness (QED) is 0.527. The van der Waals surface area contributed by atoms with Gasteiger partial charge in [0, 0.05) is 19.0 Å². The maximum absolute atomic E-state index is 11.7. The fourth-order valence-corrected chi connectivity index (χ4v) is 1.30. The molecule has 0 saturated heterocycles. The van der Waals surface area contributed by atoms with Gasteiger partial charge in [0.1, 0.15) is 0 Å². The van der Waals surface area contributed by atoms with E-state index in [0.29, 0.717) is 12.8 Å². The molecule has 0 aromatic carbocycles. The van der Waals surface area contributed by atoms with Crippen LogP contribution in [0, 0.1) is 12.3 Å². The van der Waals surface area contributed by atoms with Gasteiger partial charge in [-0.25, -0.2) is 0 Å². The molecular formula is C12H20N2O2. The first-order valence-electron chi connectivity index (χ1n) is 5.29. The first-order valence-corrected chi connectivity index (χ1v) is 5.29. The molecule has 2 N–H and O–H groups in total. The molecule has 1 unspecified atom stereocenters. The summed E-state index contributed by atoms with van der Waals surface area (Å²) in [4.78, 5) is 23.0. The highest BCUT2D eigenvalue weighted by Gasteiger charge is 2.27. The number of hydrogen-bond acceptors (Lipinski definition) is 3. The van der Waals surface area contributed by atoms with Crippen molar-refractivity contribution in [3.05, 3.63) is 0 Å². The number of carbonyl (C=O) groups excluding carboxylic acids is 2. The molecule has 0 saturated carbocycles. The van der Waals surface area contributed by atoms with E-state index >= 15 is 0 Å². The minimum absolute atomic E-state index is 0.233. The maximum atomic E-state index is 11.7. The van der Waals surface area contributed by atoms with Crippen molar-refractivity contribution in [2.24, 2.45) is 0 Å². The van der Waals surface area contributed by atoms with Gasteiger partial charge in [-0.15, -0.1) is 12.3 Å². The number of carbonyl (C=O) groups is 2. The fourth-order valence-electron chi connectivity index (χ4n) is 1.30. The number of amides is 1. The third-order valence-electron chi connectivity index (χ3n) is 1.95. The third kappa shape index (κ3) is 5.52. The van der Waals surface area contributed by atoms with Crippen LogP contribution in [-0.2, 0) is 9.59 Å². The van der Waals surface area contributed by atoms with Crippen LogP contribution < -0.4 is 10.6 Å². The van der Waals surface area contributed by atoms with Crippen LogP contribution in [0.3, 0.4) is 0 Å². The number of nitrogens with one attached hydrogen (secondary N) is 2. The van der Waals surface area contributed by atoms with E-state index in [1.54, 1.807) is 0 Å². The molecule has 4 nitrogen and oxygen atoms in total. The summed E-state index contributed by atoms with van der Waals surface area (Å²) in [5.74, 6) is 1.42. The standard InChI is InChI=1S/C12H20N2O2/c1-6-7-8-9(14-12(2,3)4)10(15)11(16)13-5/h1,9,14H,7-8H2,2-5H3,(H,13,16). The van der Waals surface area contributed by atoms with Gasteiger partial charge in [0.15, 0.2) is 0 Å². The second kappa shape index (κ2) is 6.29. The van der Waals surface area contributed by atoms with Gasteiger partial charge in [0.25, 0.3) is 5.91 Å².